The summed E-state index contributed by atoms with van der Waals surface area (Å²) >= 11 is 0. The van der Waals surface area contributed by atoms with Crippen LogP contribution in [0.25, 0.3) is 0 Å². The first-order valence-corrected chi connectivity index (χ1v) is 6.97. The van der Waals surface area contributed by atoms with Crippen molar-refractivity contribution in [2.24, 2.45) is 0 Å². The van der Waals surface area contributed by atoms with Crippen molar-refractivity contribution in [1.29, 1.82) is 0 Å². The Bertz CT molecular complexity index is 493. The van der Waals surface area contributed by atoms with Gasteiger partial charge in [0.2, 0.25) is 0 Å². The SMILES string of the molecule is N.Oc1ccc(CC2CO2)c(CC2CO2)c1CC1CO1. The molecule has 4 N–H and O–H groups in total. The van der Waals surface area contributed by atoms with Crippen molar-refractivity contribution >= 4 is 0 Å². The van der Waals surface area contributed by atoms with Gasteiger partial charge in [-0.05, 0) is 17.2 Å². The van der Waals surface area contributed by atoms with Crippen LogP contribution in [0.1, 0.15) is 16.7 Å². The third-order valence-corrected chi connectivity index (χ3v) is 4.02. The Balaban J connectivity index is 0.00000121. The molecule has 3 heterocycles. The van der Waals surface area contributed by atoms with Crippen molar-refractivity contribution in [2.45, 2.75) is 37.6 Å². The molecule has 0 spiro atoms. The molecule has 0 amide bonds. The summed E-state index contributed by atoms with van der Waals surface area (Å²) in [6.07, 6.45) is 3.65. The summed E-state index contributed by atoms with van der Waals surface area (Å²) in [5, 5.41) is 10.1. The Kier molecular flexibility index (Phi) is 3.69. The number of aromatic hydroxyl groups is 1. The van der Waals surface area contributed by atoms with E-state index in [9.17, 15) is 5.11 Å². The molecule has 1 aromatic carbocycles. The molecule has 3 unspecified atom stereocenters. The zero-order valence-electron chi connectivity index (χ0n) is 11.5. The second-order valence-electron chi connectivity index (χ2n) is 5.68. The third-order valence-electron chi connectivity index (χ3n) is 4.02. The number of phenols is 1. The molecule has 0 bridgehead atoms. The fourth-order valence-corrected chi connectivity index (χ4v) is 2.66. The summed E-state index contributed by atoms with van der Waals surface area (Å²) in [6.45, 7) is 2.52. The monoisotopic (exact) mass is 279 g/mol. The zero-order chi connectivity index (χ0) is 12.8. The number of hydrogen-bond donors (Lipinski definition) is 2. The lowest BCUT2D eigenvalue weighted by Crippen LogP contribution is -2.08. The van der Waals surface area contributed by atoms with E-state index in [2.05, 4.69) is 0 Å². The molecule has 3 aliphatic heterocycles. The summed E-state index contributed by atoms with van der Waals surface area (Å²) in [5.74, 6) is 0.395. The Morgan fingerprint density at radius 2 is 1.35 bits per heavy atom. The smallest absolute Gasteiger partial charge is 0.119 e. The number of phenolic OH excluding ortho intramolecular Hbond substituents is 1. The van der Waals surface area contributed by atoms with Crippen LogP contribution < -0.4 is 6.15 Å². The molecule has 0 saturated carbocycles. The van der Waals surface area contributed by atoms with E-state index in [1.54, 1.807) is 0 Å². The summed E-state index contributed by atoms with van der Waals surface area (Å²) in [6, 6.07) is 3.85. The van der Waals surface area contributed by atoms with Gasteiger partial charge in [0.15, 0.2) is 0 Å². The van der Waals surface area contributed by atoms with E-state index in [1.165, 1.54) is 11.1 Å². The van der Waals surface area contributed by atoms with Gasteiger partial charge in [-0.1, -0.05) is 6.07 Å². The topological polar surface area (TPSA) is 92.8 Å². The van der Waals surface area contributed by atoms with Gasteiger partial charge in [-0.2, -0.15) is 0 Å². The maximum Gasteiger partial charge on any atom is 0.119 e. The van der Waals surface area contributed by atoms with Crippen molar-refractivity contribution < 1.29 is 19.3 Å². The minimum absolute atomic E-state index is 0. The molecule has 0 radical (unpaired) electrons. The van der Waals surface area contributed by atoms with E-state index in [4.69, 9.17) is 14.2 Å². The summed E-state index contributed by atoms with van der Waals surface area (Å²) < 4.78 is 16.0. The van der Waals surface area contributed by atoms with E-state index in [1.807, 2.05) is 12.1 Å². The van der Waals surface area contributed by atoms with Crippen LogP contribution >= 0.6 is 0 Å². The minimum Gasteiger partial charge on any atom is -0.508 e. The van der Waals surface area contributed by atoms with Crippen LogP contribution in [0.2, 0.25) is 0 Å². The Morgan fingerprint density at radius 3 is 1.90 bits per heavy atom. The summed E-state index contributed by atoms with van der Waals surface area (Å²) in [4.78, 5) is 0. The van der Waals surface area contributed by atoms with Gasteiger partial charge in [0.25, 0.3) is 0 Å². The molecule has 3 saturated heterocycles. The second-order valence-corrected chi connectivity index (χ2v) is 5.68. The van der Waals surface area contributed by atoms with Gasteiger partial charge >= 0.3 is 0 Å². The van der Waals surface area contributed by atoms with Crippen LogP contribution in [-0.2, 0) is 33.5 Å². The first-order valence-electron chi connectivity index (χ1n) is 6.97. The quantitative estimate of drug-likeness (QED) is 0.767. The van der Waals surface area contributed by atoms with Crippen molar-refractivity contribution in [3.05, 3.63) is 28.8 Å². The average molecular weight is 279 g/mol. The highest BCUT2D eigenvalue weighted by Gasteiger charge is 2.31. The van der Waals surface area contributed by atoms with Crippen molar-refractivity contribution in [1.82, 2.24) is 6.15 Å². The molecular weight excluding hydrogens is 258 g/mol. The van der Waals surface area contributed by atoms with Gasteiger partial charge in [0, 0.05) is 24.8 Å². The Morgan fingerprint density at radius 1 is 0.850 bits per heavy atom. The minimum atomic E-state index is 0. The van der Waals surface area contributed by atoms with E-state index < -0.39 is 0 Å². The van der Waals surface area contributed by atoms with Gasteiger partial charge < -0.3 is 25.5 Å². The Labute approximate surface area is 118 Å². The molecule has 3 atom stereocenters. The van der Waals surface area contributed by atoms with E-state index >= 15 is 0 Å². The number of epoxide rings is 3. The van der Waals surface area contributed by atoms with Gasteiger partial charge in [-0.3, -0.25) is 0 Å². The lowest BCUT2D eigenvalue weighted by molar-refractivity contribution is 0.393. The molecule has 5 heteroatoms. The maximum atomic E-state index is 10.1. The summed E-state index contributed by atoms with van der Waals surface area (Å²) in [7, 11) is 0. The van der Waals surface area contributed by atoms with Gasteiger partial charge in [-0.25, -0.2) is 0 Å². The van der Waals surface area contributed by atoms with E-state index in [-0.39, 0.29) is 12.3 Å². The predicted molar refractivity (Wildman–Crippen MR) is 73.5 cm³/mol. The third kappa shape index (κ3) is 3.12. The van der Waals surface area contributed by atoms with Crippen LogP contribution in [0.5, 0.6) is 5.75 Å². The largest absolute Gasteiger partial charge is 0.508 e. The van der Waals surface area contributed by atoms with E-state index in [0.717, 1.165) is 44.6 Å². The number of rotatable bonds is 6. The fraction of sp³-hybridized carbons (Fsp3) is 0.600. The number of benzene rings is 1. The predicted octanol–water partition coefficient (Wildman–Crippen LogP) is 1.38. The normalized spacial score (nSPS) is 29.7. The molecule has 3 fully saturated rings. The first kappa shape index (κ1) is 13.8. The molecule has 4 rings (SSSR count). The first-order chi connectivity index (χ1) is 9.29. The highest BCUT2D eigenvalue weighted by molar-refractivity contribution is 5.46. The second kappa shape index (κ2) is 5.33. The number of ether oxygens (including phenoxy) is 3. The lowest BCUT2D eigenvalue weighted by atomic mass is 9.91. The Hall–Kier alpha value is -1.14. The molecular formula is C15H21NO4. The molecule has 0 aromatic heterocycles. The molecule has 0 aliphatic carbocycles. The molecule has 5 nitrogen and oxygen atoms in total. The zero-order valence-corrected chi connectivity index (χ0v) is 11.5. The van der Waals surface area contributed by atoms with Crippen molar-refractivity contribution in [2.75, 3.05) is 19.8 Å². The summed E-state index contributed by atoms with van der Waals surface area (Å²) in [5.41, 5.74) is 3.61. The van der Waals surface area contributed by atoms with Crippen molar-refractivity contribution in [3.8, 4) is 5.75 Å². The highest BCUT2D eigenvalue weighted by Crippen LogP contribution is 2.33. The molecule has 1 aromatic rings. The number of hydrogen-bond acceptors (Lipinski definition) is 5. The van der Waals surface area contributed by atoms with Gasteiger partial charge in [0.05, 0.1) is 38.1 Å². The average Bonchev–Trinajstić information content (AvgIpc) is 3.24. The highest BCUT2D eigenvalue weighted by atomic mass is 16.6. The van der Waals surface area contributed by atoms with Crippen LogP contribution in [0.3, 0.4) is 0 Å². The standard InChI is InChI=1S/C15H18O4.H3N/c16-15-2-1-9(3-10-6-17-10)13(4-11-7-18-11)14(15)5-12-8-19-12;/h1-2,10-12,16H,3-8H2;1H3. The van der Waals surface area contributed by atoms with Gasteiger partial charge in [0.1, 0.15) is 5.75 Å². The lowest BCUT2D eigenvalue weighted by Gasteiger charge is -2.15. The van der Waals surface area contributed by atoms with E-state index in [0.29, 0.717) is 18.0 Å². The maximum absolute atomic E-state index is 10.1. The molecule has 110 valence electrons. The molecule has 20 heavy (non-hydrogen) atoms. The van der Waals surface area contributed by atoms with Crippen LogP contribution in [0, 0.1) is 0 Å². The van der Waals surface area contributed by atoms with Crippen LogP contribution in [0.15, 0.2) is 12.1 Å². The molecule has 3 aliphatic rings. The van der Waals surface area contributed by atoms with Crippen molar-refractivity contribution in [3.63, 3.8) is 0 Å². The van der Waals surface area contributed by atoms with Crippen LogP contribution in [-0.4, -0.2) is 43.2 Å². The van der Waals surface area contributed by atoms with Gasteiger partial charge in [-0.15, -0.1) is 0 Å². The van der Waals surface area contributed by atoms with Crippen LogP contribution in [0.4, 0.5) is 0 Å². The fourth-order valence-electron chi connectivity index (χ4n) is 2.66.